The van der Waals surface area contributed by atoms with Crippen molar-refractivity contribution in [2.75, 3.05) is 5.32 Å². The first-order valence-electron chi connectivity index (χ1n) is 5.67. The number of carbonyl (C=O) groups is 1. The highest BCUT2D eigenvalue weighted by Crippen LogP contribution is 2.11. The molecule has 2 N–H and O–H groups in total. The monoisotopic (exact) mass is 248 g/mol. The second-order valence-corrected chi connectivity index (χ2v) is 4.49. The number of nitriles is 1. The molecule has 96 valence electrons. The van der Waals surface area contributed by atoms with Gasteiger partial charge in [0.05, 0.1) is 0 Å². The van der Waals surface area contributed by atoms with Gasteiger partial charge in [0.15, 0.2) is 0 Å². The smallest absolute Gasteiger partial charge is 0.326 e. The van der Waals surface area contributed by atoms with Crippen molar-refractivity contribution in [2.45, 2.75) is 33.2 Å². The quantitative estimate of drug-likeness (QED) is 0.820. The standard InChI is InChI=1S/C12H16N4O2/c1-7(2)4-10(11(17)18)16-12-14-8(3)5-9(6-13)15-12/h5,7,10H,4H2,1-3H3,(H,17,18)(H,14,15,16)/t10-/m0/s1. The summed E-state index contributed by atoms with van der Waals surface area (Å²) in [6.07, 6.45) is 0.467. The first kappa shape index (κ1) is 13.9. The molecule has 1 atom stereocenters. The van der Waals surface area contributed by atoms with Gasteiger partial charge in [0, 0.05) is 5.69 Å². The summed E-state index contributed by atoms with van der Waals surface area (Å²) in [5.74, 6) is -0.536. The van der Waals surface area contributed by atoms with E-state index in [0.29, 0.717) is 12.1 Å². The predicted molar refractivity (Wildman–Crippen MR) is 66.0 cm³/mol. The number of aliphatic carboxylic acids is 1. The van der Waals surface area contributed by atoms with Gasteiger partial charge in [-0.25, -0.2) is 14.8 Å². The van der Waals surface area contributed by atoms with Crippen LogP contribution in [0.4, 0.5) is 5.95 Å². The highest BCUT2D eigenvalue weighted by Gasteiger charge is 2.19. The van der Waals surface area contributed by atoms with Crippen molar-refractivity contribution >= 4 is 11.9 Å². The summed E-state index contributed by atoms with van der Waals surface area (Å²) in [7, 11) is 0. The van der Waals surface area contributed by atoms with Crippen LogP contribution in [0.3, 0.4) is 0 Å². The van der Waals surface area contributed by atoms with Crippen LogP contribution in [0, 0.1) is 24.2 Å². The van der Waals surface area contributed by atoms with Crippen LogP contribution < -0.4 is 5.32 Å². The maximum Gasteiger partial charge on any atom is 0.326 e. The Morgan fingerprint density at radius 3 is 2.72 bits per heavy atom. The van der Waals surface area contributed by atoms with E-state index in [9.17, 15) is 4.79 Å². The lowest BCUT2D eigenvalue weighted by Gasteiger charge is -2.16. The van der Waals surface area contributed by atoms with Gasteiger partial charge in [-0.15, -0.1) is 0 Å². The van der Waals surface area contributed by atoms with Crippen molar-refractivity contribution in [3.8, 4) is 6.07 Å². The molecule has 0 unspecified atom stereocenters. The van der Waals surface area contributed by atoms with Crippen LogP contribution in [-0.2, 0) is 4.79 Å². The van der Waals surface area contributed by atoms with Gasteiger partial charge in [-0.2, -0.15) is 5.26 Å². The van der Waals surface area contributed by atoms with Crippen LogP contribution in [0.5, 0.6) is 0 Å². The van der Waals surface area contributed by atoms with Crippen LogP contribution in [0.1, 0.15) is 31.7 Å². The topological polar surface area (TPSA) is 98.9 Å². The Morgan fingerprint density at radius 1 is 1.56 bits per heavy atom. The van der Waals surface area contributed by atoms with E-state index in [1.807, 2.05) is 19.9 Å². The maximum absolute atomic E-state index is 11.1. The van der Waals surface area contributed by atoms with Crippen molar-refractivity contribution < 1.29 is 9.90 Å². The molecule has 0 radical (unpaired) electrons. The number of nitrogens with zero attached hydrogens (tertiary/aromatic N) is 3. The molecular formula is C12H16N4O2. The van der Waals surface area contributed by atoms with E-state index in [1.165, 1.54) is 0 Å². The normalized spacial score (nSPS) is 11.9. The first-order chi connectivity index (χ1) is 8.42. The molecule has 1 aromatic heterocycles. The Balaban J connectivity index is 2.90. The van der Waals surface area contributed by atoms with Gasteiger partial charge in [0.1, 0.15) is 17.8 Å². The molecule has 0 aliphatic heterocycles. The van der Waals surface area contributed by atoms with Crippen LogP contribution in [0.25, 0.3) is 0 Å². The molecule has 6 heteroatoms. The molecule has 0 aliphatic carbocycles. The molecule has 0 bridgehead atoms. The zero-order chi connectivity index (χ0) is 13.7. The average molecular weight is 248 g/mol. The summed E-state index contributed by atoms with van der Waals surface area (Å²) in [6.45, 7) is 5.61. The number of hydrogen-bond acceptors (Lipinski definition) is 5. The van der Waals surface area contributed by atoms with E-state index in [-0.39, 0.29) is 17.6 Å². The Bertz CT molecular complexity index is 479. The Morgan fingerprint density at radius 2 is 2.22 bits per heavy atom. The minimum absolute atomic E-state index is 0.180. The Kier molecular flexibility index (Phi) is 4.60. The van der Waals surface area contributed by atoms with Gasteiger partial charge < -0.3 is 10.4 Å². The molecule has 18 heavy (non-hydrogen) atoms. The van der Waals surface area contributed by atoms with Gasteiger partial charge in [-0.1, -0.05) is 13.8 Å². The van der Waals surface area contributed by atoms with E-state index >= 15 is 0 Å². The lowest BCUT2D eigenvalue weighted by atomic mass is 10.0. The highest BCUT2D eigenvalue weighted by atomic mass is 16.4. The molecule has 0 spiro atoms. The van der Waals surface area contributed by atoms with Gasteiger partial charge in [0.2, 0.25) is 5.95 Å². The molecule has 0 saturated carbocycles. The van der Waals surface area contributed by atoms with Crippen molar-refractivity contribution in [1.82, 2.24) is 9.97 Å². The van der Waals surface area contributed by atoms with Crippen molar-refractivity contribution in [1.29, 1.82) is 5.26 Å². The molecule has 1 aromatic rings. The van der Waals surface area contributed by atoms with E-state index in [1.54, 1.807) is 13.0 Å². The number of rotatable bonds is 5. The zero-order valence-corrected chi connectivity index (χ0v) is 10.6. The Labute approximate surface area is 106 Å². The number of aromatic nitrogens is 2. The highest BCUT2D eigenvalue weighted by molar-refractivity contribution is 5.76. The van der Waals surface area contributed by atoms with Crippen molar-refractivity contribution in [3.63, 3.8) is 0 Å². The van der Waals surface area contributed by atoms with E-state index < -0.39 is 12.0 Å². The lowest BCUT2D eigenvalue weighted by Crippen LogP contribution is -2.31. The SMILES string of the molecule is Cc1cc(C#N)nc(N[C@@H](CC(C)C)C(=O)O)n1. The molecule has 0 aromatic carbocycles. The third-order valence-electron chi connectivity index (χ3n) is 2.28. The number of hydrogen-bond donors (Lipinski definition) is 2. The van der Waals surface area contributed by atoms with Crippen molar-refractivity contribution in [3.05, 3.63) is 17.5 Å². The van der Waals surface area contributed by atoms with Crippen LogP contribution in [0.15, 0.2) is 6.07 Å². The van der Waals surface area contributed by atoms with Gasteiger partial charge in [0.25, 0.3) is 0 Å². The van der Waals surface area contributed by atoms with Crippen LogP contribution >= 0.6 is 0 Å². The summed E-state index contributed by atoms with van der Waals surface area (Å²) in [5, 5.41) is 20.6. The number of carboxylic acids is 1. The maximum atomic E-state index is 11.1. The number of anilines is 1. The molecular weight excluding hydrogens is 232 g/mol. The van der Waals surface area contributed by atoms with Crippen molar-refractivity contribution in [2.24, 2.45) is 5.92 Å². The summed E-state index contributed by atoms with van der Waals surface area (Å²) in [5.41, 5.74) is 0.844. The molecule has 6 nitrogen and oxygen atoms in total. The number of carboxylic acid groups (broad SMARTS) is 1. The van der Waals surface area contributed by atoms with Gasteiger partial charge >= 0.3 is 5.97 Å². The lowest BCUT2D eigenvalue weighted by molar-refractivity contribution is -0.138. The fraction of sp³-hybridized carbons (Fsp3) is 0.500. The minimum Gasteiger partial charge on any atom is -0.480 e. The molecule has 0 aliphatic rings. The summed E-state index contributed by atoms with van der Waals surface area (Å²) >= 11 is 0. The second-order valence-electron chi connectivity index (χ2n) is 4.49. The van der Waals surface area contributed by atoms with E-state index in [2.05, 4.69) is 15.3 Å². The van der Waals surface area contributed by atoms with Gasteiger partial charge in [-0.3, -0.25) is 0 Å². The van der Waals surface area contributed by atoms with E-state index in [4.69, 9.17) is 10.4 Å². The fourth-order valence-corrected chi connectivity index (χ4v) is 1.54. The minimum atomic E-state index is -0.952. The third-order valence-corrected chi connectivity index (χ3v) is 2.28. The molecule has 1 heterocycles. The van der Waals surface area contributed by atoms with Crippen LogP contribution in [-0.4, -0.2) is 27.1 Å². The second kappa shape index (κ2) is 5.96. The van der Waals surface area contributed by atoms with Crippen LogP contribution in [0.2, 0.25) is 0 Å². The summed E-state index contributed by atoms with van der Waals surface area (Å²) in [6, 6.07) is 2.71. The largest absolute Gasteiger partial charge is 0.480 e. The first-order valence-corrected chi connectivity index (χ1v) is 5.67. The molecule has 0 fully saturated rings. The number of aryl methyl sites for hydroxylation is 1. The fourth-order valence-electron chi connectivity index (χ4n) is 1.54. The number of nitrogens with one attached hydrogen (secondary N) is 1. The van der Waals surface area contributed by atoms with Gasteiger partial charge in [-0.05, 0) is 25.3 Å². The van der Waals surface area contributed by atoms with E-state index in [0.717, 1.165) is 0 Å². The zero-order valence-electron chi connectivity index (χ0n) is 10.6. The molecule has 0 amide bonds. The molecule has 0 saturated heterocycles. The summed E-state index contributed by atoms with van der Waals surface area (Å²) in [4.78, 5) is 19.1. The Hall–Kier alpha value is -2.16. The predicted octanol–water partition coefficient (Wildman–Crippen LogP) is 1.57. The average Bonchev–Trinajstić information content (AvgIpc) is 2.26. The summed E-state index contributed by atoms with van der Waals surface area (Å²) < 4.78 is 0. The molecule has 1 rings (SSSR count). The third kappa shape index (κ3) is 4.01.